The second-order valence-corrected chi connectivity index (χ2v) is 7.21. The van der Waals surface area contributed by atoms with Crippen LogP contribution >= 0.6 is 11.6 Å². The van der Waals surface area contributed by atoms with Crippen molar-refractivity contribution in [2.24, 2.45) is 0 Å². The van der Waals surface area contributed by atoms with E-state index in [-0.39, 0.29) is 29.1 Å². The summed E-state index contributed by atoms with van der Waals surface area (Å²) in [5.41, 5.74) is 0.790. The van der Waals surface area contributed by atoms with Crippen molar-refractivity contribution < 1.29 is 24.1 Å². The van der Waals surface area contributed by atoms with Gasteiger partial charge < -0.3 is 9.47 Å². The van der Waals surface area contributed by atoms with E-state index in [1.54, 1.807) is 48.5 Å². The number of methoxy groups -OCH3 is 1. The Hall–Kier alpha value is -4.24. The average Bonchev–Trinajstić information content (AvgIpc) is 2.79. The third kappa shape index (κ3) is 6.14. The zero-order chi connectivity index (χ0) is 24.0. The van der Waals surface area contributed by atoms with E-state index in [0.29, 0.717) is 16.3 Å². The lowest BCUT2D eigenvalue weighted by molar-refractivity contribution is -0.394. The first kappa shape index (κ1) is 23.4. The molecule has 3 rings (SSSR count). The van der Waals surface area contributed by atoms with Gasteiger partial charge in [-0.1, -0.05) is 35.9 Å². The van der Waals surface area contributed by atoms with E-state index in [4.69, 9.17) is 21.1 Å². The standard InChI is InChI=1S/C23H17ClN2O7/c1-32-22-12-15(2-6-17-7-10-19(25(28)29)14-20(17)26(30)31)5-11-21(22)33-23(27)13-16-3-8-18(24)9-4-16/h2-12,14H,13H2,1H3. The molecule has 10 heteroatoms. The molecule has 0 aliphatic carbocycles. The fourth-order valence-electron chi connectivity index (χ4n) is 2.93. The van der Waals surface area contributed by atoms with Crippen LogP contribution in [0.25, 0.3) is 12.2 Å². The Balaban J connectivity index is 1.77. The minimum absolute atomic E-state index is 0.0474. The lowest BCUT2D eigenvalue weighted by Crippen LogP contribution is -2.11. The zero-order valence-corrected chi connectivity index (χ0v) is 18.0. The molecule has 0 amide bonds. The fourth-order valence-corrected chi connectivity index (χ4v) is 3.06. The maximum absolute atomic E-state index is 12.3. The van der Waals surface area contributed by atoms with Gasteiger partial charge in [-0.05, 0) is 47.5 Å². The highest BCUT2D eigenvalue weighted by molar-refractivity contribution is 6.30. The molecular formula is C23H17ClN2O7. The first-order valence-corrected chi connectivity index (χ1v) is 9.88. The number of benzene rings is 3. The predicted octanol–water partition coefficient (Wildman–Crippen LogP) is 5.48. The quantitative estimate of drug-likeness (QED) is 0.141. The lowest BCUT2D eigenvalue weighted by atomic mass is 10.1. The van der Waals surface area contributed by atoms with Gasteiger partial charge in [-0.2, -0.15) is 0 Å². The van der Waals surface area contributed by atoms with Crippen LogP contribution in [-0.4, -0.2) is 22.9 Å². The molecule has 0 aliphatic rings. The molecule has 9 nitrogen and oxygen atoms in total. The van der Waals surface area contributed by atoms with Crippen LogP contribution in [0.3, 0.4) is 0 Å². The number of nitro groups is 2. The fraction of sp³-hybridized carbons (Fsp3) is 0.0870. The Morgan fingerprint density at radius 1 is 0.939 bits per heavy atom. The van der Waals surface area contributed by atoms with E-state index in [1.165, 1.54) is 25.3 Å². The molecule has 0 saturated carbocycles. The van der Waals surface area contributed by atoms with E-state index in [9.17, 15) is 25.0 Å². The Labute approximate surface area is 193 Å². The highest BCUT2D eigenvalue weighted by Gasteiger charge is 2.18. The van der Waals surface area contributed by atoms with Crippen molar-refractivity contribution in [2.75, 3.05) is 7.11 Å². The van der Waals surface area contributed by atoms with Gasteiger partial charge in [0.1, 0.15) is 0 Å². The van der Waals surface area contributed by atoms with Crippen LogP contribution in [0.4, 0.5) is 11.4 Å². The van der Waals surface area contributed by atoms with Crippen molar-refractivity contribution in [3.63, 3.8) is 0 Å². The van der Waals surface area contributed by atoms with Gasteiger partial charge in [0.15, 0.2) is 11.5 Å². The summed E-state index contributed by atoms with van der Waals surface area (Å²) >= 11 is 5.84. The minimum Gasteiger partial charge on any atom is -0.493 e. The van der Waals surface area contributed by atoms with Gasteiger partial charge in [0.25, 0.3) is 11.4 Å². The first-order valence-electron chi connectivity index (χ1n) is 9.51. The van der Waals surface area contributed by atoms with Crippen LogP contribution in [0.1, 0.15) is 16.7 Å². The molecule has 0 aromatic heterocycles. The smallest absolute Gasteiger partial charge is 0.315 e. The minimum atomic E-state index is -0.696. The number of esters is 1. The second-order valence-electron chi connectivity index (χ2n) is 6.78. The van der Waals surface area contributed by atoms with Crippen LogP contribution < -0.4 is 9.47 Å². The summed E-state index contributed by atoms with van der Waals surface area (Å²) < 4.78 is 10.7. The third-order valence-electron chi connectivity index (χ3n) is 4.55. The molecule has 0 spiro atoms. The highest BCUT2D eigenvalue weighted by atomic mass is 35.5. The number of non-ortho nitro benzene ring substituents is 1. The summed E-state index contributed by atoms with van der Waals surface area (Å²) in [6, 6.07) is 15.0. The molecule has 0 radical (unpaired) electrons. The van der Waals surface area contributed by atoms with Gasteiger partial charge in [-0.25, -0.2) is 0 Å². The van der Waals surface area contributed by atoms with Crippen molar-refractivity contribution in [3.05, 3.63) is 103 Å². The third-order valence-corrected chi connectivity index (χ3v) is 4.80. The summed E-state index contributed by atoms with van der Waals surface area (Å²) in [5, 5.41) is 22.7. The van der Waals surface area contributed by atoms with Crippen molar-refractivity contribution in [2.45, 2.75) is 6.42 Å². The van der Waals surface area contributed by atoms with Gasteiger partial charge in [-0.15, -0.1) is 0 Å². The van der Waals surface area contributed by atoms with Crippen LogP contribution in [0.2, 0.25) is 5.02 Å². The van der Waals surface area contributed by atoms with Gasteiger partial charge in [-0.3, -0.25) is 25.0 Å². The first-order chi connectivity index (χ1) is 15.8. The van der Waals surface area contributed by atoms with Crippen molar-refractivity contribution in [3.8, 4) is 11.5 Å². The Morgan fingerprint density at radius 2 is 1.67 bits per heavy atom. The van der Waals surface area contributed by atoms with Crippen LogP contribution in [0.15, 0.2) is 60.7 Å². The molecule has 33 heavy (non-hydrogen) atoms. The number of carbonyl (C=O) groups is 1. The largest absolute Gasteiger partial charge is 0.493 e. The average molecular weight is 469 g/mol. The molecule has 0 unspecified atom stereocenters. The molecule has 0 saturated heterocycles. The maximum atomic E-state index is 12.3. The molecular weight excluding hydrogens is 452 g/mol. The molecule has 0 N–H and O–H groups in total. The lowest BCUT2D eigenvalue weighted by Gasteiger charge is -2.10. The van der Waals surface area contributed by atoms with E-state index in [0.717, 1.165) is 11.6 Å². The Kier molecular flexibility index (Phi) is 7.37. The molecule has 168 valence electrons. The molecule has 0 heterocycles. The van der Waals surface area contributed by atoms with Crippen LogP contribution in [0, 0.1) is 20.2 Å². The monoisotopic (exact) mass is 468 g/mol. The van der Waals surface area contributed by atoms with Crippen LogP contribution in [0.5, 0.6) is 11.5 Å². The molecule has 3 aromatic carbocycles. The van der Waals surface area contributed by atoms with Crippen LogP contribution in [-0.2, 0) is 11.2 Å². The van der Waals surface area contributed by atoms with E-state index < -0.39 is 15.8 Å². The van der Waals surface area contributed by atoms with Crippen molar-refractivity contribution >= 4 is 41.1 Å². The summed E-state index contributed by atoms with van der Waals surface area (Å²) in [5.74, 6) is 0.0233. The van der Waals surface area contributed by atoms with Gasteiger partial charge in [0.05, 0.1) is 35.0 Å². The molecule has 0 bridgehead atoms. The van der Waals surface area contributed by atoms with Gasteiger partial charge >= 0.3 is 5.97 Å². The molecule has 3 aromatic rings. The number of nitro benzene ring substituents is 2. The van der Waals surface area contributed by atoms with Crippen molar-refractivity contribution in [1.29, 1.82) is 0 Å². The summed E-state index contributed by atoms with van der Waals surface area (Å²) in [6.07, 6.45) is 3.09. The van der Waals surface area contributed by atoms with Crippen molar-refractivity contribution in [1.82, 2.24) is 0 Å². The number of carbonyl (C=O) groups excluding carboxylic acids is 1. The molecule has 0 atom stereocenters. The number of hydrogen-bond acceptors (Lipinski definition) is 7. The number of nitrogens with zero attached hydrogens (tertiary/aromatic N) is 2. The number of halogens is 1. The maximum Gasteiger partial charge on any atom is 0.315 e. The van der Waals surface area contributed by atoms with Gasteiger partial charge in [0.2, 0.25) is 0 Å². The normalized spacial score (nSPS) is 10.7. The van der Waals surface area contributed by atoms with E-state index in [2.05, 4.69) is 0 Å². The molecule has 0 fully saturated rings. The van der Waals surface area contributed by atoms with E-state index >= 15 is 0 Å². The number of rotatable bonds is 8. The molecule has 0 aliphatic heterocycles. The summed E-state index contributed by atoms with van der Waals surface area (Å²) in [6.45, 7) is 0. The number of hydrogen-bond donors (Lipinski definition) is 0. The summed E-state index contributed by atoms with van der Waals surface area (Å²) in [7, 11) is 1.42. The van der Waals surface area contributed by atoms with E-state index in [1.807, 2.05) is 0 Å². The summed E-state index contributed by atoms with van der Waals surface area (Å²) in [4.78, 5) is 33.0. The second kappa shape index (κ2) is 10.4. The topological polar surface area (TPSA) is 122 Å². The number of ether oxygens (including phenoxy) is 2. The zero-order valence-electron chi connectivity index (χ0n) is 17.3. The Bertz CT molecular complexity index is 1240. The Morgan fingerprint density at radius 3 is 2.30 bits per heavy atom. The SMILES string of the molecule is COc1cc(C=Cc2ccc([N+](=O)[O-])cc2[N+](=O)[O-])ccc1OC(=O)Cc1ccc(Cl)cc1. The van der Waals surface area contributed by atoms with Gasteiger partial charge in [0, 0.05) is 11.1 Å². The predicted molar refractivity (Wildman–Crippen MR) is 122 cm³/mol. The highest BCUT2D eigenvalue weighted by Crippen LogP contribution is 2.30.